The SMILES string of the molecule is CCc1cc2cccc(-c3ccc(S(C)(=O)=O)cc3)c2c(=O)n1-c1ccccc1. The van der Waals surface area contributed by atoms with Gasteiger partial charge >= 0.3 is 0 Å². The van der Waals surface area contributed by atoms with Crippen molar-refractivity contribution in [3.63, 3.8) is 0 Å². The van der Waals surface area contributed by atoms with Crippen LogP contribution in [0.5, 0.6) is 0 Å². The molecule has 0 aliphatic carbocycles. The lowest BCUT2D eigenvalue weighted by atomic mass is 9.98. The first-order valence-electron chi connectivity index (χ1n) is 9.43. The Labute approximate surface area is 170 Å². The van der Waals surface area contributed by atoms with Gasteiger partial charge in [-0.1, -0.05) is 55.5 Å². The van der Waals surface area contributed by atoms with Gasteiger partial charge in [0.2, 0.25) is 0 Å². The smallest absolute Gasteiger partial charge is 0.263 e. The summed E-state index contributed by atoms with van der Waals surface area (Å²) in [6.45, 7) is 2.04. The van der Waals surface area contributed by atoms with Crippen LogP contribution in [0.3, 0.4) is 0 Å². The highest BCUT2D eigenvalue weighted by Gasteiger charge is 2.15. The number of benzene rings is 3. The van der Waals surface area contributed by atoms with Gasteiger partial charge in [0, 0.05) is 17.6 Å². The molecule has 0 aliphatic rings. The van der Waals surface area contributed by atoms with Crippen LogP contribution >= 0.6 is 0 Å². The molecule has 0 atom stereocenters. The number of aryl methyl sites for hydroxylation is 1. The van der Waals surface area contributed by atoms with Gasteiger partial charge < -0.3 is 0 Å². The summed E-state index contributed by atoms with van der Waals surface area (Å²) in [5, 5.41) is 1.50. The molecule has 0 saturated carbocycles. The van der Waals surface area contributed by atoms with Crippen molar-refractivity contribution >= 4 is 20.6 Å². The Balaban J connectivity index is 2.01. The first kappa shape index (κ1) is 19.2. The van der Waals surface area contributed by atoms with Gasteiger partial charge in [0.25, 0.3) is 5.56 Å². The van der Waals surface area contributed by atoms with E-state index in [1.165, 1.54) is 6.26 Å². The maximum Gasteiger partial charge on any atom is 0.263 e. The summed E-state index contributed by atoms with van der Waals surface area (Å²) in [6.07, 6.45) is 1.91. The molecule has 0 aliphatic heterocycles. The van der Waals surface area contributed by atoms with Gasteiger partial charge in [-0.25, -0.2) is 8.42 Å². The van der Waals surface area contributed by atoms with E-state index >= 15 is 0 Å². The molecule has 0 spiro atoms. The van der Waals surface area contributed by atoms with Crippen molar-refractivity contribution < 1.29 is 8.42 Å². The first-order chi connectivity index (χ1) is 13.9. The van der Waals surface area contributed by atoms with Crippen LogP contribution in [0.4, 0.5) is 0 Å². The van der Waals surface area contributed by atoms with Crippen LogP contribution in [0, 0.1) is 0 Å². The Kier molecular flexibility index (Phi) is 4.84. The fraction of sp³-hybridized carbons (Fsp3) is 0.125. The Hall–Kier alpha value is -3.18. The average Bonchev–Trinajstić information content (AvgIpc) is 2.73. The van der Waals surface area contributed by atoms with E-state index in [9.17, 15) is 13.2 Å². The lowest BCUT2D eigenvalue weighted by Crippen LogP contribution is -2.22. The van der Waals surface area contributed by atoms with Gasteiger partial charge in [0.05, 0.1) is 10.3 Å². The number of aromatic nitrogens is 1. The Morgan fingerprint density at radius 1 is 0.862 bits per heavy atom. The van der Waals surface area contributed by atoms with Gasteiger partial charge in [-0.2, -0.15) is 0 Å². The summed E-state index contributed by atoms with van der Waals surface area (Å²) in [7, 11) is -3.27. The summed E-state index contributed by atoms with van der Waals surface area (Å²) in [6, 6.07) is 24.1. The molecular weight excluding hydrogens is 382 g/mol. The Morgan fingerprint density at radius 3 is 2.17 bits per heavy atom. The van der Waals surface area contributed by atoms with Crippen molar-refractivity contribution in [2.75, 3.05) is 6.26 Å². The molecule has 0 amide bonds. The van der Waals surface area contributed by atoms with Crippen molar-refractivity contribution in [3.8, 4) is 16.8 Å². The summed E-state index contributed by atoms with van der Waals surface area (Å²) in [4.78, 5) is 13.9. The predicted molar refractivity (Wildman–Crippen MR) is 117 cm³/mol. The van der Waals surface area contributed by atoms with E-state index in [0.717, 1.165) is 34.3 Å². The van der Waals surface area contributed by atoms with Gasteiger partial charge in [0.15, 0.2) is 9.84 Å². The van der Waals surface area contributed by atoms with Crippen LogP contribution in [0.1, 0.15) is 12.6 Å². The van der Waals surface area contributed by atoms with Crippen LogP contribution in [-0.4, -0.2) is 19.2 Å². The van der Waals surface area contributed by atoms with E-state index < -0.39 is 9.84 Å². The van der Waals surface area contributed by atoms with Gasteiger partial charge in [-0.05, 0) is 53.3 Å². The third-order valence-electron chi connectivity index (χ3n) is 5.09. The largest absolute Gasteiger partial charge is 0.281 e. The third-order valence-corrected chi connectivity index (χ3v) is 6.22. The molecule has 0 radical (unpaired) electrons. The molecule has 0 fully saturated rings. The van der Waals surface area contributed by atoms with E-state index in [2.05, 4.69) is 6.07 Å². The Bertz CT molecular complexity index is 1350. The van der Waals surface area contributed by atoms with Crippen LogP contribution in [0.25, 0.3) is 27.6 Å². The molecule has 3 aromatic carbocycles. The highest BCUT2D eigenvalue weighted by Crippen LogP contribution is 2.28. The van der Waals surface area contributed by atoms with E-state index in [0.29, 0.717) is 5.39 Å². The van der Waals surface area contributed by atoms with E-state index in [1.807, 2.05) is 55.5 Å². The number of hydrogen-bond acceptors (Lipinski definition) is 3. The molecule has 1 aromatic heterocycles. The molecule has 4 rings (SSSR count). The standard InChI is InChI=1S/C24H21NO3S/c1-3-19-16-18-8-7-11-22(17-12-14-21(15-13-17)29(2,27)28)23(18)24(26)25(19)20-9-5-4-6-10-20/h4-16H,3H2,1-2H3. The summed E-state index contributed by atoms with van der Waals surface area (Å²) < 4.78 is 25.3. The molecule has 5 heteroatoms. The summed E-state index contributed by atoms with van der Waals surface area (Å²) >= 11 is 0. The number of pyridine rings is 1. The second kappa shape index (κ2) is 7.33. The van der Waals surface area contributed by atoms with Crippen LogP contribution in [0.15, 0.2) is 88.6 Å². The second-order valence-corrected chi connectivity index (χ2v) is 9.05. The van der Waals surface area contributed by atoms with Crippen LogP contribution in [-0.2, 0) is 16.3 Å². The summed E-state index contributed by atoms with van der Waals surface area (Å²) in [5.74, 6) is 0. The average molecular weight is 404 g/mol. The van der Waals surface area contributed by atoms with Crippen molar-refractivity contribution in [2.45, 2.75) is 18.2 Å². The van der Waals surface area contributed by atoms with E-state index in [1.54, 1.807) is 28.8 Å². The molecule has 0 unspecified atom stereocenters. The Morgan fingerprint density at radius 2 is 1.55 bits per heavy atom. The van der Waals surface area contributed by atoms with Gasteiger partial charge in [-0.15, -0.1) is 0 Å². The van der Waals surface area contributed by atoms with Crippen molar-refractivity contribution in [1.82, 2.24) is 4.57 Å². The van der Waals surface area contributed by atoms with Gasteiger partial charge in [0.1, 0.15) is 0 Å². The van der Waals surface area contributed by atoms with E-state index in [-0.39, 0.29) is 10.5 Å². The number of para-hydroxylation sites is 1. The molecule has 29 heavy (non-hydrogen) atoms. The minimum Gasteiger partial charge on any atom is -0.281 e. The van der Waals surface area contributed by atoms with E-state index in [4.69, 9.17) is 0 Å². The van der Waals surface area contributed by atoms with Gasteiger partial charge in [-0.3, -0.25) is 9.36 Å². The molecule has 0 N–H and O–H groups in total. The highest BCUT2D eigenvalue weighted by atomic mass is 32.2. The minimum absolute atomic E-state index is 0.0756. The topological polar surface area (TPSA) is 56.1 Å². The number of sulfone groups is 1. The normalized spacial score (nSPS) is 11.7. The molecule has 4 aromatic rings. The fourth-order valence-corrected chi connectivity index (χ4v) is 4.29. The number of nitrogens with zero attached hydrogens (tertiary/aromatic N) is 1. The lowest BCUT2D eigenvalue weighted by Gasteiger charge is -2.15. The van der Waals surface area contributed by atoms with Crippen LogP contribution < -0.4 is 5.56 Å². The fourth-order valence-electron chi connectivity index (χ4n) is 3.66. The van der Waals surface area contributed by atoms with Crippen LogP contribution in [0.2, 0.25) is 0 Å². The minimum atomic E-state index is -3.27. The van der Waals surface area contributed by atoms with Crippen molar-refractivity contribution in [1.29, 1.82) is 0 Å². The maximum atomic E-state index is 13.6. The molecule has 1 heterocycles. The lowest BCUT2D eigenvalue weighted by molar-refractivity contribution is 0.602. The maximum absolute atomic E-state index is 13.6. The number of fused-ring (bicyclic) bond motifs is 1. The molecule has 146 valence electrons. The number of hydrogen-bond donors (Lipinski definition) is 0. The first-order valence-corrected chi connectivity index (χ1v) is 11.3. The predicted octanol–water partition coefficient (Wildman–Crippen LogP) is 4.62. The zero-order chi connectivity index (χ0) is 20.6. The summed E-state index contributed by atoms with van der Waals surface area (Å²) in [5.41, 5.74) is 3.30. The third kappa shape index (κ3) is 3.49. The zero-order valence-corrected chi connectivity index (χ0v) is 17.1. The quantitative estimate of drug-likeness (QED) is 0.499. The molecule has 0 saturated heterocycles. The molecule has 0 bridgehead atoms. The van der Waals surface area contributed by atoms with Crippen molar-refractivity contribution in [2.24, 2.45) is 0 Å². The molecule has 4 nitrogen and oxygen atoms in total. The number of rotatable bonds is 4. The molecular formula is C24H21NO3S. The highest BCUT2D eigenvalue weighted by molar-refractivity contribution is 7.90. The second-order valence-electron chi connectivity index (χ2n) is 7.03. The monoisotopic (exact) mass is 403 g/mol. The van der Waals surface area contributed by atoms with Crippen molar-refractivity contribution in [3.05, 3.63) is 94.9 Å². The zero-order valence-electron chi connectivity index (χ0n) is 16.3.